The Labute approximate surface area is 269 Å². The van der Waals surface area contributed by atoms with Gasteiger partial charge < -0.3 is 14.2 Å². The molecule has 0 bridgehead atoms. The summed E-state index contributed by atoms with van der Waals surface area (Å²) in [7, 11) is -2.77. The average molecular weight is 638 g/mol. The lowest BCUT2D eigenvalue weighted by Crippen LogP contribution is -2.19. The van der Waals surface area contributed by atoms with E-state index < -0.39 is 15.8 Å². The summed E-state index contributed by atoms with van der Waals surface area (Å²) in [5.74, 6) is 1.09. The Balaban J connectivity index is 1.86. The van der Waals surface area contributed by atoms with Crippen LogP contribution in [0.2, 0.25) is 0 Å². The van der Waals surface area contributed by atoms with Crippen LogP contribution in [0.25, 0.3) is 22.3 Å². The molecule has 0 fully saturated rings. The van der Waals surface area contributed by atoms with Crippen molar-refractivity contribution < 1.29 is 32.2 Å². The fraction of sp³-hybridized carbons (Fsp3) is 0.189. The second-order valence-electron chi connectivity index (χ2n) is 11.2. The molecule has 0 unspecified atom stereocenters. The van der Waals surface area contributed by atoms with Gasteiger partial charge in [0.05, 0.1) is 24.2 Å². The quantitative estimate of drug-likeness (QED) is 0.102. The number of hydrogen-bond acceptors (Lipinski definition) is 7. The second-order valence-corrected chi connectivity index (χ2v) is 13.0. The Bertz CT molecular complexity index is 1960. The van der Waals surface area contributed by atoms with Crippen LogP contribution in [-0.2, 0) is 10.0 Å². The lowest BCUT2D eigenvalue weighted by Gasteiger charge is -2.16. The van der Waals surface area contributed by atoms with Crippen LogP contribution in [-0.4, -0.2) is 43.8 Å². The molecule has 0 saturated heterocycles. The lowest BCUT2D eigenvalue weighted by atomic mass is 9.91. The van der Waals surface area contributed by atoms with Crippen LogP contribution in [0.5, 0.6) is 17.2 Å². The highest BCUT2D eigenvalue weighted by Crippen LogP contribution is 2.42. The van der Waals surface area contributed by atoms with Gasteiger partial charge in [0.2, 0.25) is 5.78 Å². The normalized spacial score (nSPS) is 11.5. The smallest absolute Gasteiger partial charge is 0.268 e. The van der Waals surface area contributed by atoms with Gasteiger partial charge in [-0.2, -0.15) is 0 Å². The first kappa shape index (κ1) is 32.2. The Morgan fingerprint density at radius 3 is 1.91 bits per heavy atom. The molecule has 0 amide bonds. The van der Waals surface area contributed by atoms with Crippen LogP contribution in [0.3, 0.4) is 0 Å². The number of methoxy groups -OCH3 is 1. The molecule has 0 N–H and O–H groups in total. The summed E-state index contributed by atoms with van der Waals surface area (Å²) < 4.78 is 46.6. The van der Waals surface area contributed by atoms with Crippen molar-refractivity contribution in [3.63, 3.8) is 0 Å². The van der Waals surface area contributed by atoms with Crippen LogP contribution in [0, 0.1) is 0 Å². The van der Waals surface area contributed by atoms with E-state index in [2.05, 4.69) is 0 Å². The number of ether oxygens (including phenoxy) is 3. The fourth-order valence-electron chi connectivity index (χ4n) is 5.16. The third-order valence-corrected chi connectivity index (χ3v) is 8.84. The zero-order chi connectivity index (χ0) is 33.0. The molecule has 5 aromatic rings. The predicted octanol–water partition coefficient (Wildman–Crippen LogP) is 7.69. The van der Waals surface area contributed by atoms with Crippen molar-refractivity contribution in [1.29, 1.82) is 0 Å². The Morgan fingerprint density at radius 2 is 1.33 bits per heavy atom. The first-order valence-corrected chi connectivity index (χ1v) is 16.3. The molecule has 4 aromatic carbocycles. The highest BCUT2D eigenvalue weighted by atomic mass is 32.2. The Hall–Kier alpha value is -5.15. The number of nitrogens with zero attached hydrogens (tertiary/aromatic N) is 1. The molecule has 236 valence electrons. The van der Waals surface area contributed by atoms with Gasteiger partial charge in [0.15, 0.2) is 6.29 Å². The summed E-state index contributed by atoms with van der Waals surface area (Å²) >= 11 is 0. The zero-order valence-corrected chi connectivity index (χ0v) is 27.1. The van der Waals surface area contributed by atoms with Crippen molar-refractivity contribution in [2.75, 3.05) is 7.11 Å². The number of aldehydes is 1. The zero-order valence-electron chi connectivity index (χ0n) is 26.3. The molecular weight excluding hydrogens is 602 g/mol. The SMILES string of the molecule is COc1ccc(C(=O)c2c(-c3ccc(OC(C)C)cc3C=O)c(-c3ccc(OC(C)C)cc3)cn2S(=O)(=O)c2ccccc2)cc1. The van der Waals surface area contributed by atoms with Crippen molar-refractivity contribution in [3.8, 4) is 39.5 Å². The minimum atomic E-state index is -4.29. The molecule has 5 rings (SSSR count). The molecule has 0 aliphatic heterocycles. The topological polar surface area (TPSA) is 101 Å². The minimum Gasteiger partial charge on any atom is -0.497 e. The summed E-state index contributed by atoms with van der Waals surface area (Å²) in [4.78, 5) is 27.1. The van der Waals surface area contributed by atoms with Gasteiger partial charge in [0.1, 0.15) is 22.9 Å². The lowest BCUT2D eigenvalue weighted by molar-refractivity contribution is 0.103. The molecule has 0 spiro atoms. The molecule has 1 aromatic heterocycles. The number of carbonyl (C=O) groups excluding carboxylic acids is 2. The van der Waals surface area contributed by atoms with Gasteiger partial charge in [-0.05, 0) is 106 Å². The van der Waals surface area contributed by atoms with Crippen LogP contribution in [0.15, 0.2) is 108 Å². The van der Waals surface area contributed by atoms with E-state index in [0.29, 0.717) is 40.2 Å². The number of ketones is 1. The third kappa shape index (κ3) is 6.60. The molecule has 9 heteroatoms. The first-order chi connectivity index (χ1) is 22.0. The molecule has 0 aliphatic rings. The van der Waals surface area contributed by atoms with Crippen LogP contribution >= 0.6 is 0 Å². The van der Waals surface area contributed by atoms with Crippen molar-refractivity contribution >= 4 is 22.1 Å². The monoisotopic (exact) mass is 637 g/mol. The van der Waals surface area contributed by atoms with Gasteiger partial charge in [-0.15, -0.1) is 0 Å². The van der Waals surface area contributed by atoms with Crippen molar-refractivity contribution in [2.45, 2.75) is 44.8 Å². The van der Waals surface area contributed by atoms with E-state index in [-0.39, 0.29) is 39.5 Å². The maximum atomic E-state index is 14.5. The van der Waals surface area contributed by atoms with E-state index >= 15 is 0 Å². The molecule has 8 nitrogen and oxygen atoms in total. The number of benzene rings is 4. The minimum absolute atomic E-state index is 0.00357. The van der Waals surface area contributed by atoms with Gasteiger partial charge in [-0.1, -0.05) is 30.3 Å². The number of rotatable bonds is 12. The van der Waals surface area contributed by atoms with Gasteiger partial charge in [-0.3, -0.25) is 9.59 Å². The molecule has 46 heavy (non-hydrogen) atoms. The number of hydrogen-bond donors (Lipinski definition) is 0. The molecular formula is C37H35NO7S. The van der Waals surface area contributed by atoms with Crippen LogP contribution in [0.1, 0.15) is 54.1 Å². The van der Waals surface area contributed by atoms with Gasteiger partial charge in [0, 0.05) is 28.5 Å². The standard InChI is InChI=1S/C37H35NO7S/c1-24(2)44-30-17-11-26(12-18-30)34-22-38(46(41,42)32-9-7-6-8-10-32)36(37(40)27-13-15-29(43-5)16-14-27)35(34)33-20-19-31(45-25(3)4)21-28(33)23-39/h6-25H,1-5H3. The summed E-state index contributed by atoms with van der Waals surface area (Å²) in [5.41, 5.74) is 2.08. The van der Waals surface area contributed by atoms with Gasteiger partial charge in [-0.25, -0.2) is 12.4 Å². The Kier molecular flexibility index (Phi) is 9.44. The predicted molar refractivity (Wildman–Crippen MR) is 178 cm³/mol. The van der Waals surface area contributed by atoms with Crippen molar-refractivity contribution in [1.82, 2.24) is 3.97 Å². The summed E-state index contributed by atoms with van der Waals surface area (Å²) in [6, 6.07) is 26.5. The van der Waals surface area contributed by atoms with Crippen molar-refractivity contribution in [3.05, 3.63) is 120 Å². The van der Waals surface area contributed by atoms with Gasteiger partial charge >= 0.3 is 0 Å². The maximum absolute atomic E-state index is 14.5. The fourth-order valence-corrected chi connectivity index (χ4v) is 6.55. The highest BCUT2D eigenvalue weighted by Gasteiger charge is 2.32. The summed E-state index contributed by atoms with van der Waals surface area (Å²) in [6.07, 6.45) is 1.93. The molecule has 0 atom stereocenters. The molecule has 1 heterocycles. The van der Waals surface area contributed by atoms with E-state index in [1.165, 1.54) is 25.4 Å². The van der Waals surface area contributed by atoms with E-state index in [0.717, 1.165) is 3.97 Å². The average Bonchev–Trinajstić information content (AvgIpc) is 3.46. The maximum Gasteiger partial charge on any atom is 0.268 e. The van der Waals surface area contributed by atoms with Crippen LogP contribution < -0.4 is 14.2 Å². The van der Waals surface area contributed by atoms with E-state index in [1.54, 1.807) is 84.9 Å². The number of carbonyl (C=O) groups is 2. The van der Waals surface area contributed by atoms with E-state index in [4.69, 9.17) is 14.2 Å². The van der Waals surface area contributed by atoms with Gasteiger partial charge in [0.25, 0.3) is 10.0 Å². The highest BCUT2D eigenvalue weighted by molar-refractivity contribution is 7.90. The van der Waals surface area contributed by atoms with Crippen molar-refractivity contribution in [2.24, 2.45) is 0 Å². The molecule has 0 saturated carbocycles. The first-order valence-electron chi connectivity index (χ1n) is 14.8. The third-order valence-electron chi connectivity index (χ3n) is 7.17. The Morgan fingerprint density at radius 1 is 0.739 bits per heavy atom. The summed E-state index contributed by atoms with van der Waals surface area (Å²) in [5, 5.41) is 0. The second kappa shape index (κ2) is 13.5. The van der Waals surface area contributed by atoms with E-state index in [9.17, 15) is 18.0 Å². The summed E-state index contributed by atoms with van der Waals surface area (Å²) in [6.45, 7) is 7.59. The van der Waals surface area contributed by atoms with E-state index in [1.807, 2.05) is 27.7 Å². The molecule has 0 aliphatic carbocycles. The van der Waals surface area contributed by atoms with Crippen LogP contribution in [0.4, 0.5) is 0 Å². The number of aromatic nitrogens is 1. The largest absolute Gasteiger partial charge is 0.497 e. The molecule has 0 radical (unpaired) electrons.